The van der Waals surface area contributed by atoms with Crippen molar-refractivity contribution in [3.8, 4) is 0 Å². The monoisotopic (exact) mass is 301 g/mol. The third-order valence-corrected chi connectivity index (χ3v) is 2.91. The molecule has 0 saturated carbocycles. The van der Waals surface area contributed by atoms with E-state index in [-0.39, 0.29) is 24.1 Å². The number of halogens is 1. The van der Waals surface area contributed by atoms with Gasteiger partial charge in [0.1, 0.15) is 11.5 Å². The number of carbonyl (C=O) groups is 2. The van der Waals surface area contributed by atoms with Crippen LogP contribution in [0.1, 0.15) is 16.1 Å². The van der Waals surface area contributed by atoms with Crippen LogP contribution in [-0.4, -0.2) is 29.9 Å². The first-order valence-electron chi connectivity index (χ1n) is 6.85. The number of amides is 2. The molecular weight excluding hydrogens is 285 g/mol. The maximum absolute atomic E-state index is 12.7. The number of aromatic nitrogens is 1. The Morgan fingerprint density at radius 1 is 1.00 bits per heavy atom. The van der Waals surface area contributed by atoms with Crippen molar-refractivity contribution < 1.29 is 14.0 Å². The van der Waals surface area contributed by atoms with E-state index in [1.165, 1.54) is 12.1 Å². The van der Waals surface area contributed by atoms with Gasteiger partial charge < -0.3 is 10.6 Å². The molecule has 1 aromatic heterocycles. The number of nitrogens with zero attached hydrogens (tertiary/aromatic N) is 1. The summed E-state index contributed by atoms with van der Waals surface area (Å²) in [7, 11) is 0. The summed E-state index contributed by atoms with van der Waals surface area (Å²) in [5.74, 6) is -0.798. The Bertz CT molecular complexity index is 630. The molecule has 0 aliphatic heterocycles. The maximum Gasteiger partial charge on any atom is 0.269 e. The van der Waals surface area contributed by atoms with E-state index in [0.29, 0.717) is 18.8 Å². The molecule has 0 aliphatic rings. The van der Waals surface area contributed by atoms with Crippen LogP contribution in [0.15, 0.2) is 48.7 Å². The summed E-state index contributed by atoms with van der Waals surface area (Å²) in [6, 6.07) is 10.8. The lowest BCUT2D eigenvalue weighted by Crippen LogP contribution is -2.35. The second-order valence-electron chi connectivity index (χ2n) is 4.62. The number of nitrogens with one attached hydrogen (secondary N) is 2. The third-order valence-electron chi connectivity index (χ3n) is 2.91. The molecule has 0 atom stereocenters. The summed E-state index contributed by atoms with van der Waals surface area (Å²) in [4.78, 5) is 27.3. The fourth-order valence-electron chi connectivity index (χ4n) is 1.82. The molecule has 114 valence electrons. The molecular formula is C16H16FN3O2. The number of carbonyl (C=O) groups excluding carboxylic acids is 2. The van der Waals surface area contributed by atoms with Crippen molar-refractivity contribution in [3.63, 3.8) is 0 Å². The van der Waals surface area contributed by atoms with E-state index in [1.54, 1.807) is 36.5 Å². The molecule has 22 heavy (non-hydrogen) atoms. The maximum atomic E-state index is 12.7. The minimum absolute atomic E-state index is 0.175. The summed E-state index contributed by atoms with van der Waals surface area (Å²) in [6.07, 6.45) is 1.72. The van der Waals surface area contributed by atoms with Gasteiger partial charge in [0.2, 0.25) is 5.91 Å². The van der Waals surface area contributed by atoms with E-state index >= 15 is 0 Å². The number of hydrogen-bond acceptors (Lipinski definition) is 3. The van der Waals surface area contributed by atoms with Crippen molar-refractivity contribution in [2.24, 2.45) is 0 Å². The molecule has 0 spiro atoms. The summed E-state index contributed by atoms with van der Waals surface area (Å²) in [6.45, 7) is 0.628. The minimum atomic E-state index is -0.332. The van der Waals surface area contributed by atoms with Crippen LogP contribution >= 0.6 is 0 Å². The fraction of sp³-hybridized carbons (Fsp3) is 0.188. The van der Waals surface area contributed by atoms with Crippen molar-refractivity contribution in [1.82, 2.24) is 15.6 Å². The number of hydrogen-bond donors (Lipinski definition) is 2. The van der Waals surface area contributed by atoms with Gasteiger partial charge in [0.05, 0.1) is 6.42 Å². The highest BCUT2D eigenvalue weighted by Gasteiger charge is 2.06. The third kappa shape index (κ3) is 4.97. The van der Waals surface area contributed by atoms with Gasteiger partial charge in [0, 0.05) is 19.3 Å². The largest absolute Gasteiger partial charge is 0.354 e. The molecule has 0 bridgehead atoms. The Morgan fingerprint density at radius 2 is 1.73 bits per heavy atom. The average Bonchev–Trinajstić information content (AvgIpc) is 2.54. The van der Waals surface area contributed by atoms with E-state index in [0.717, 1.165) is 5.56 Å². The SMILES string of the molecule is O=C(Cc1ccc(F)cc1)NCCNC(=O)c1ccccn1. The average molecular weight is 301 g/mol. The van der Waals surface area contributed by atoms with Crippen LogP contribution in [0.25, 0.3) is 0 Å². The molecule has 6 heteroatoms. The second kappa shape index (κ2) is 7.87. The van der Waals surface area contributed by atoms with Gasteiger partial charge in [0.15, 0.2) is 0 Å². The van der Waals surface area contributed by atoms with Gasteiger partial charge in [-0.25, -0.2) is 4.39 Å². The van der Waals surface area contributed by atoms with Crippen molar-refractivity contribution in [2.45, 2.75) is 6.42 Å². The van der Waals surface area contributed by atoms with E-state index in [4.69, 9.17) is 0 Å². The Labute approximate surface area is 127 Å². The normalized spacial score (nSPS) is 10.0. The van der Waals surface area contributed by atoms with E-state index in [2.05, 4.69) is 15.6 Å². The molecule has 0 unspecified atom stereocenters. The van der Waals surface area contributed by atoms with Crippen molar-refractivity contribution >= 4 is 11.8 Å². The van der Waals surface area contributed by atoms with E-state index in [9.17, 15) is 14.0 Å². The fourth-order valence-corrected chi connectivity index (χ4v) is 1.82. The molecule has 0 fully saturated rings. The summed E-state index contributed by atoms with van der Waals surface area (Å²) in [5, 5.41) is 5.34. The van der Waals surface area contributed by atoms with Gasteiger partial charge in [-0.05, 0) is 29.8 Å². The minimum Gasteiger partial charge on any atom is -0.354 e. The lowest BCUT2D eigenvalue weighted by Gasteiger charge is -2.07. The predicted molar refractivity (Wildman–Crippen MR) is 79.7 cm³/mol. The van der Waals surface area contributed by atoms with Crippen LogP contribution in [-0.2, 0) is 11.2 Å². The van der Waals surface area contributed by atoms with Crippen LogP contribution in [0, 0.1) is 5.82 Å². The second-order valence-corrected chi connectivity index (χ2v) is 4.62. The zero-order valence-electron chi connectivity index (χ0n) is 11.9. The van der Waals surface area contributed by atoms with Gasteiger partial charge >= 0.3 is 0 Å². The molecule has 1 aromatic carbocycles. The number of benzene rings is 1. The number of pyridine rings is 1. The van der Waals surface area contributed by atoms with Gasteiger partial charge in [-0.1, -0.05) is 18.2 Å². The highest BCUT2D eigenvalue weighted by atomic mass is 19.1. The van der Waals surface area contributed by atoms with E-state index in [1.807, 2.05) is 0 Å². The summed E-state index contributed by atoms with van der Waals surface area (Å²) >= 11 is 0. The number of rotatable bonds is 6. The van der Waals surface area contributed by atoms with Crippen molar-refractivity contribution in [2.75, 3.05) is 13.1 Å². The lowest BCUT2D eigenvalue weighted by molar-refractivity contribution is -0.120. The van der Waals surface area contributed by atoms with Crippen LogP contribution < -0.4 is 10.6 Å². The Morgan fingerprint density at radius 3 is 2.41 bits per heavy atom. The molecule has 2 N–H and O–H groups in total. The van der Waals surface area contributed by atoms with Gasteiger partial charge in [-0.3, -0.25) is 14.6 Å². The molecule has 1 heterocycles. The van der Waals surface area contributed by atoms with Crippen LogP contribution in [0.4, 0.5) is 4.39 Å². The molecule has 2 amide bonds. The van der Waals surface area contributed by atoms with Gasteiger partial charge in [-0.2, -0.15) is 0 Å². The Hall–Kier alpha value is -2.76. The predicted octanol–water partition coefficient (Wildman–Crippen LogP) is 1.31. The van der Waals surface area contributed by atoms with Crippen molar-refractivity contribution in [1.29, 1.82) is 0 Å². The molecule has 0 saturated heterocycles. The molecule has 0 aliphatic carbocycles. The Balaban J connectivity index is 1.67. The highest BCUT2D eigenvalue weighted by molar-refractivity contribution is 5.92. The molecule has 2 rings (SSSR count). The highest BCUT2D eigenvalue weighted by Crippen LogP contribution is 2.03. The van der Waals surface area contributed by atoms with Crippen molar-refractivity contribution in [3.05, 3.63) is 65.7 Å². The first-order chi connectivity index (χ1) is 10.6. The van der Waals surface area contributed by atoms with E-state index < -0.39 is 0 Å². The molecule has 0 radical (unpaired) electrons. The Kier molecular flexibility index (Phi) is 5.59. The zero-order chi connectivity index (χ0) is 15.8. The zero-order valence-corrected chi connectivity index (χ0v) is 11.9. The smallest absolute Gasteiger partial charge is 0.269 e. The van der Waals surface area contributed by atoms with Crippen LogP contribution in [0.5, 0.6) is 0 Å². The lowest BCUT2D eigenvalue weighted by atomic mass is 10.1. The standard InChI is InChI=1S/C16H16FN3O2/c17-13-6-4-12(5-7-13)11-15(21)19-9-10-20-16(22)14-3-1-2-8-18-14/h1-8H,9-11H2,(H,19,21)(H,20,22). The first kappa shape index (κ1) is 15.6. The summed E-state index contributed by atoms with van der Waals surface area (Å²) < 4.78 is 12.7. The van der Waals surface area contributed by atoms with Gasteiger partial charge in [0.25, 0.3) is 5.91 Å². The van der Waals surface area contributed by atoms with Crippen LogP contribution in [0.3, 0.4) is 0 Å². The quantitative estimate of drug-likeness (QED) is 0.790. The molecule has 2 aromatic rings. The topological polar surface area (TPSA) is 71.1 Å². The summed E-state index contributed by atoms with van der Waals surface area (Å²) in [5.41, 5.74) is 1.07. The van der Waals surface area contributed by atoms with Crippen LogP contribution in [0.2, 0.25) is 0 Å². The first-order valence-corrected chi connectivity index (χ1v) is 6.85. The molecule has 5 nitrogen and oxygen atoms in total. The van der Waals surface area contributed by atoms with Gasteiger partial charge in [-0.15, -0.1) is 0 Å².